The molecule has 0 aliphatic heterocycles. The molecule has 0 atom stereocenters. The number of rotatable bonds is 7. The highest BCUT2D eigenvalue weighted by molar-refractivity contribution is 6.29. The molecule has 1 rings (SSSR count). The lowest BCUT2D eigenvalue weighted by molar-refractivity contribution is 0.300. The summed E-state index contributed by atoms with van der Waals surface area (Å²) in [5.74, 6) is 0.847. The average Bonchev–Trinajstić information content (AvgIpc) is 2.28. The van der Waals surface area contributed by atoms with Gasteiger partial charge in [0, 0.05) is 13.1 Å². The van der Waals surface area contributed by atoms with Crippen molar-refractivity contribution in [3.05, 3.63) is 23.4 Å². The average molecular weight is 242 g/mol. The SMILES string of the molecule is CCCN(CC)CCNc1cccc(Cl)n1. The van der Waals surface area contributed by atoms with Gasteiger partial charge in [0.1, 0.15) is 11.0 Å². The third-order valence-corrected chi connectivity index (χ3v) is 2.65. The van der Waals surface area contributed by atoms with E-state index in [4.69, 9.17) is 11.6 Å². The summed E-state index contributed by atoms with van der Waals surface area (Å²) >= 11 is 5.80. The maximum atomic E-state index is 5.80. The Morgan fingerprint density at radius 1 is 1.31 bits per heavy atom. The lowest BCUT2D eigenvalue weighted by atomic mass is 10.4. The Kier molecular flexibility index (Phi) is 6.19. The lowest BCUT2D eigenvalue weighted by Gasteiger charge is -2.19. The van der Waals surface area contributed by atoms with Crippen LogP contribution in [-0.2, 0) is 0 Å². The number of hydrogen-bond acceptors (Lipinski definition) is 3. The number of anilines is 1. The van der Waals surface area contributed by atoms with Crippen molar-refractivity contribution in [3.63, 3.8) is 0 Å². The summed E-state index contributed by atoms with van der Waals surface area (Å²) in [7, 11) is 0. The van der Waals surface area contributed by atoms with Gasteiger partial charge in [0.2, 0.25) is 0 Å². The zero-order valence-corrected chi connectivity index (χ0v) is 10.8. The van der Waals surface area contributed by atoms with Gasteiger partial charge in [-0.2, -0.15) is 0 Å². The number of nitrogens with one attached hydrogen (secondary N) is 1. The predicted molar refractivity (Wildman–Crippen MR) is 70.1 cm³/mol. The van der Waals surface area contributed by atoms with E-state index in [-0.39, 0.29) is 0 Å². The first-order valence-electron chi connectivity index (χ1n) is 5.85. The minimum Gasteiger partial charge on any atom is -0.369 e. The second kappa shape index (κ2) is 7.47. The maximum Gasteiger partial charge on any atom is 0.131 e. The molecule has 1 aromatic rings. The fourth-order valence-electron chi connectivity index (χ4n) is 1.59. The van der Waals surface area contributed by atoms with Crippen molar-refractivity contribution in [2.24, 2.45) is 0 Å². The summed E-state index contributed by atoms with van der Waals surface area (Å²) in [5, 5.41) is 3.80. The van der Waals surface area contributed by atoms with Crippen LogP contribution in [0.2, 0.25) is 5.15 Å². The van der Waals surface area contributed by atoms with Gasteiger partial charge >= 0.3 is 0 Å². The molecule has 90 valence electrons. The minimum atomic E-state index is 0.533. The normalized spacial score (nSPS) is 10.8. The maximum absolute atomic E-state index is 5.80. The molecule has 1 N–H and O–H groups in total. The van der Waals surface area contributed by atoms with Crippen LogP contribution in [-0.4, -0.2) is 36.1 Å². The van der Waals surface area contributed by atoms with Crippen molar-refractivity contribution in [3.8, 4) is 0 Å². The lowest BCUT2D eigenvalue weighted by Crippen LogP contribution is -2.29. The molecule has 3 nitrogen and oxygen atoms in total. The number of likely N-dealkylation sites (N-methyl/N-ethyl adjacent to an activating group) is 1. The second-order valence-corrected chi connectivity index (χ2v) is 4.09. The number of aromatic nitrogens is 1. The zero-order chi connectivity index (χ0) is 11.8. The first-order valence-corrected chi connectivity index (χ1v) is 6.22. The molecular weight excluding hydrogens is 222 g/mol. The molecule has 0 radical (unpaired) electrons. The van der Waals surface area contributed by atoms with Gasteiger partial charge in [-0.1, -0.05) is 31.5 Å². The van der Waals surface area contributed by atoms with Crippen molar-refractivity contribution in [2.45, 2.75) is 20.3 Å². The number of nitrogens with zero attached hydrogens (tertiary/aromatic N) is 2. The van der Waals surface area contributed by atoms with Gasteiger partial charge in [-0.15, -0.1) is 0 Å². The highest BCUT2D eigenvalue weighted by atomic mass is 35.5. The van der Waals surface area contributed by atoms with Crippen molar-refractivity contribution < 1.29 is 0 Å². The van der Waals surface area contributed by atoms with Crippen LogP contribution < -0.4 is 5.32 Å². The molecule has 0 saturated heterocycles. The highest BCUT2D eigenvalue weighted by Gasteiger charge is 2.00. The molecule has 1 aromatic heterocycles. The molecule has 0 bridgehead atoms. The van der Waals surface area contributed by atoms with Crippen molar-refractivity contribution in [1.82, 2.24) is 9.88 Å². The van der Waals surface area contributed by atoms with E-state index >= 15 is 0 Å². The summed E-state index contributed by atoms with van der Waals surface area (Å²) in [6.45, 7) is 8.58. The molecule has 4 heteroatoms. The summed E-state index contributed by atoms with van der Waals surface area (Å²) in [6, 6.07) is 5.62. The Balaban J connectivity index is 2.29. The fraction of sp³-hybridized carbons (Fsp3) is 0.583. The third-order valence-electron chi connectivity index (χ3n) is 2.44. The van der Waals surface area contributed by atoms with Crippen LogP contribution in [0.15, 0.2) is 18.2 Å². The molecule has 0 amide bonds. The van der Waals surface area contributed by atoms with E-state index < -0.39 is 0 Å². The quantitative estimate of drug-likeness (QED) is 0.744. The largest absolute Gasteiger partial charge is 0.369 e. The summed E-state index contributed by atoms with van der Waals surface area (Å²) in [5.41, 5.74) is 0. The minimum absolute atomic E-state index is 0.533. The summed E-state index contributed by atoms with van der Waals surface area (Å²) in [6.07, 6.45) is 1.20. The Morgan fingerprint density at radius 2 is 2.12 bits per heavy atom. The van der Waals surface area contributed by atoms with E-state index in [1.807, 2.05) is 12.1 Å². The van der Waals surface area contributed by atoms with Gasteiger partial charge in [0.15, 0.2) is 0 Å². The standard InChI is InChI=1S/C12H20ClN3/c1-3-9-16(4-2)10-8-14-12-7-5-6-11(13)15-12/h5-7H,3-4,8-10H2,1-2H3,(H,14,15). The van der Waals surface area contributed by atoms with E-state index in [9.17, 15) is 0 Å². The van der Waals surface area contributed by atoms with E-state index in [1.54, 1.807) is 6.07 Å². The molecule has 0 saturated carbocycles. The van der Waals surface area contributed by atoms with E-state index in [0.717, 1.165) is 32.0 Å². The van der Waals surface area contributed by atoms with E-state index in [0.29, 0.717) is 5.15 Å². The monoisotopic (exact) mass is 241 g/mol. The molecular formula is C12H20ClN3. The molecule has 16 heavy (non-hydrogen) atoms. The fourth-order valence-corrected chi connectivity index (χ4v) is 1.76. The van der Waals surface area contributed by atoms with Gasteiger partial charge in [0.25, 0.3) is 0 Å². The van der Waals surface area contributed by atoms with Crippen LogP contribution in [0, 0.1) is 0 Å². The first-order chi connectivity index (χ1) is 7.76. The number of pyridine rings is 1. The summed E-state index contributed by atoms with van der Waals surface area (Å²) < 4.78 is 0. The van der Waals surface area contributed by atoms with Crippen LogP contribution in [0.4, 0.5) is 5.82 Å². The summed E-state index contributed by atoms with van der Waals surface area (Å²) in [4.78, 5) is 6.59. The molecule has 0 unspecified atom stereocenters. The van der Waals surface area contributed by atoms with Crippen LogP contribution in [0.5, 0.6) is 0 Å². The zero-order valence-electron chi connectivity index (χ0n) is 10.0. The third kappa shape index (κ3) is 4.81. The van der Waals surface area contributed by atoms with Gasteiger partial charge in [0.05, 0.1) is 0 Å². The molecule has 0 aliphatic carbocycles. The van der Waals surface area contributed by atoms with Gasteiger partial charge in [-0.05, 0) is 31.6 Å². The Morgan fingerprint density at radius 3 is 2.75 bits per heavy atom. The van der Waals surface area contributed by atoms with E-state index in [2.05, 4.69) is 29.0 Å². The molecule has 0 fully saturated rings. The van der Waals surface area contributed by atoms with Crippen LogP contribution in [0.25, 0.3) is 0 Å². The Labute approximate surface area is 103 Å². The van der Waals surface area contributed by atoms with Crippen LogP contribution >= 0.6 is 11.6 Å². The van der Waals surface area contributed by atoms with Gasteiger partial charge < -0.3 is 10.2 Å². The molecule has 0 spiro atoms. The second-order valence-electron chi connectivity index (χ2n) is 3.71. The topological polar surface area (TPSA) is 28.2 Å². The van der Waals surface area contributed by atoms with Crippen molar-refractivity contribution >= 4 is 17.4 Å². The van der Waals surface area contributed by atoms with Crippen LogP contribution in [0.3, 0.4) is 0 Å². The number of hydrogen-bond donors (Lipinski definition) is 1. The predicted octanol–water partition coefficient (Wildman–Crippen LogP) is 2.88. The number of halogens is 1. The molecule has 0 aromatic carbocycles. The van der Waals surface area contributed by atoms with Crippen LogP contribution in [0.1, 0.15) is 20.3 Å². The molecule has 0 aliphatic rings. The van der Waals surface area contributed by atoms with Gasteiger partial charge in [-0.25, -0.2) is 4.98 Å². The smallest absolute Gasteiger partial charge is 0.131 e. The Bertz CT molecular complexity index is 304. The first kappa shape index (κ1) is 13.3. The molecule has 1 heterocycles. The van der Waals surface area contributed by atoms with E-state index in [1.165, 1.54) is 6.42 Å². The Hall–Kier alpha value is -0.800. The van der Waals surface area contributed by atoms with Gasteiger partial charge in [-0.3, -0.25) is 0 Å². The highest BCUT2D eigenvalue weighted by Crippen LogP contribution is 2.08. The van der Waals surface area contributed by atoms with Crippen molar-refractivity contribution in [2.75, 3.05) is 31.5 Å². The van der Waals surface area contributed by atoms with Crippen molar-refractivity contribution in [1.29, 1.82) is 0 Å².